The molecule has 172 valence electrons. The van der Waals surface area contributed by atoms with E-state index in [1.165, 1.54) is 16.8 Å². The number of hydrogen-bond acceptors (Lipinski definition) is 4. The van der Waals surface area contributed by atoms with Crippen LogP contribution in [0.1, 0.15) is 17.7 Å². The minimum Gasteiger partial charge on any atom is -0.371 e. The number of fused-ring (bicyclic) bond motifs is 1. The second-order valence-corrected chi connectivity index (χ2v) is 8.99. The predicted molar refractivity (Wildman–Crippen MR) is 143 cm³/mol. The number of hydrogen-bond donors (Lipinski definition) is 0. The number of likely N-dealkylation sites (N-methyl/N-ethyl adjacent to an activating group) is 1. The molecule has 0 N–H and O–H groups in total. The van der Waals surface area contributed by atoms with Crippen LogP contribution in [-0.4, -0.2) is 33.0 Å². The van der Waals surface area contributed by atoms with E-state index in [9.17, 15) is 0 Å². The zero-order valence-corrected chi connectivity index (χ0v) is 20.0. The number of aryl methyl sites for hydroxylation is 1. The van der Waals surface area contributed by atoms with Gasteiger partial charge in [-0.05, 0) is 73.0 Å². The summed E-state index contributed by atoms with van der Waals surface area (Å²) < 4.78 is 2.13. The van der Waals surface area contributed by atoms with E-state index in [2.05, 4.69) is 117 Å². The summed E-state index contributed by atoms with van der Waals surface area (Å²) in [5.74, 6) is 0. The summed E-state index contributed by atoms with van der Waals surface area (Å²) in [7, 11) is 2.14. The number of anilines is 1. The fourth-order valence-electron chi connectivity index (χ4n) is 4.75. The molecule has 2 aliphatic rings. The van der Waals surface area contributed by atoms with Gasteiger partial charge in [0.05, 0.1) is 11.9 Å². The van der Waals surface area contributed by atoms with E-state index >= 15 is 0 Å². The maximum atomic E-state index is 4.57. The summed E-state index contributed by atoms with van der Waals surface area (Å²) in [6.07, 6.45) is 17.9. The summed E-state index contributed by atoms with van der Waals surface area (Å²) >= 11 is 0. The molecule has 5 nitrogen and oxygen atoms in total. The molecule has 35 heavy (non-hydrogen) atoms. The van der Waals surface area contributed by atoms with Crippen molar-refractivity contribution < 1.29 is 0 Å². The molecule has 1 aromatic carbocycles. The first-order chi connectivity index (χ1) is 17.2. The molecule has 0 atom stereocenters. The first-order valence-corrected chi connectivity index (χ1v) is 11.9. The summed E-state index contributed by atoms with van der Waals surface area (Å²) in [5, 5.41) is 1.14. The van der Waals surface area contributed by atoms with Gasteiger partial charge in [-0.25, -0.2) is 4.98 Å². The third-order valence-corrected chi connectivity index (χ3v) is 6.63. The first kappa shape index (κ1) is 21.2. The highest BCUT2D eigenvalue weighted by Gasteiger charge is 2.21. The Morgan fingerprint density at radius 1 is 0.886 bits per heavy atom. The van der Waals surface area contributed by atoms with Gasteiger partial charge in [-0.3, -0.25) is 4.98 Å². The van der Waals surface area contributed by atoms with Crippen molar-refractivity contribution in [3.63, 3.8) is 0 Å². The molecular weight excluding hydrogens is 430 g/mol. The van der Waals surface area contributed by atoms with Gasteiger partial charge >= 0.3 is 0 Å². The fourth-order valence-corrected chi connectivity index (χ4v) is 4.75. The number of aromatic nitrogens is 3. The van der Waals surface area contributed by atoms with Crippen LogP contribution < -0.4 is 4.90 Å². The molecule has 2 aliphatic heterocycles. The summed E-state index contributed by atoms with van der Waals surface area (Å²) in [6, 6.07) is 19.1. The molecular formula is C30H27N5. The molecule has 0 amide bonds. The van der Waals surface area contributed by atoms with Gasteiger partial charge in [-0.1, -0.05) is 30.4 Å². The molecule has 0 bridgehead atoms. The largest absolute Gasteiger partial charge is 0.371 e. The van der Waals surface area contributed by atoms with E-state index < -0.39 is 0 Å². The van der Waals surface area contributed by atoms with Crippen LogP contribution in [0.2, 0.25) is 0 Å². The Morgan fingerprint density at radius 2 is 1.74 bits per heavy atom. The van der Waals surface area contributed by atoms with Crippen LogP contribution in [0.4, 0.5) is 5.69 Å². The smallest absolute Gasteiger partial charge is 0.144 e. The molecule has 5 heteroatoms. The fraction of sp³-hybridized carbons (Fsp3) is 0.133. The number of rotatable bonds is 4. The van der Waals surface area contributed by atoms with E-state index in [0.717, 1.165) is 46.8 Å². The molecule has 0 saturated carbocycles. The molecule has 0 unspecified atom stereocenters. The summed E-state index contributed by atoms with van der Waals surface area (Å²) in [4.78, 5) is 13.7. The molecule has 4 aromatic rings. The Labute approximate surface area is 205 Å². The number of pyridine rings is 2. The van der Waals surface area contributed by atoms with Crippen LogP contribution in [0, 0.1) is 6.92 Å². The van der Waals surface area contributed by atoms with Crippen molar-refractivity contribution in [2.75, 3.05) is 18.5 Å². The Morgan fingerprint density at radius 3 is 2.54 bits per heavy atom. The van der Waals surface area contributed by atoms with Crippen LogP contribution >= 0.6 is 0 Å². The lowest BCUT2D eigenvalue weighted by atomic mass is 9.99. The summed E-state index contributed by atoms with van der Waals surface area (Å²) in [6.45, 7) is 2.95. The molecule has 5 heterocycles. The second-order valence-electron chi connectivity index (χ2n) is 8.99. The van der Waals surface area contributed by atoms with Crippen LogP contribution in [0.15, 0.2) is 115 Å². The Bertz CT molecular complexity index is 1500. The van der Waals surface area contributed by atoms with Gasteiger partial charge in [0.15, 0.2) is 0 Å². The van der Waals surface area contributed by atoms with Gasteiger partial charge in [0.25, 0.3) is 0 Å². The predicted octanol–water partition coefficient (Wildman–Crippen LogP) is 6.25. The number of nitrogens with zero attached hydrogens (tertiary/aromatic N) is 5. The van der Waals surface area contributed by atoms with Crippen molar-refractivity contribution in [2.24, 2.45) is 0 Å². The maximum Gasteiger partial charge on any atom is 0.144 e. The molecule has 6 rings (SSSR count). The van der Waals surface area contributed by atoms with Gasteiger partial charge in [0.2, 0.25) is 0 Å². The molecule has 0 saturated heterocycles. The van der Waals surface area contributed by atoms with Crippen LogP contribution in [0.5, 0.6) is 0 Å². The van der Waals surface area contributed by atoms with Gasteiger partial charge in [0, 0.05) is 60.3 Å². The van der Waals surface area contributed by atoms with E-state index in [4.69, 9.17) is 0 Å². The molecule has 0 spiro atoms. The normalized spacial score (nSPS) is 15.8. The van der Waals surface area contributed by atoms with Gasteiger partial charge in [-0.15, -0.1) is 0 Å². The van der Waals surface area contributed by atoms with E-state index in [1.54, 1.807) is 0 Å². The highest BCUT2D eigenvalue weighted by Crippen LogP contribution is 2.35. The zero-order chi connectivity index (χ0) is 23.8. The van der Waals surface area contributed by atoms with Crippen LogP contribution in [-0.2, 0) is 0 Å². The third-order valence-electron chi connectivity index (χ3n) is 6.63. The van der Waals surface area contributed by atoms with Gasteiger partial charge in [-0.2, -0.15) is 0 Å². The lowest BCUT2D eigenvalue weighted by molar-refractivity contribution is 0.465. The average Bonchev–Trinajstić information content (AvgIpc) is 3.34. The highest BCUT2D eigenvalue weighted by molar-refractivity contribution is 5.84. The number of benzene rings is 1. The van der Waals surface area contributed by atoms with Crippen molar-refractivity contribution in [1.82, 2.24) is 19.4 Å². The van der Waals surface area contributed by atoms with Crippen molar-refractivity contribution >= 4 is 22.4 Å². The van der Waals surface area contributed by atoms with Gasteiger partial charge < -0.3 is 14.4 Å². The lowest BCUT2D eigenvalue weighted by Gasteiger charge is -2.32. The number of allylic oxidation sites excluding steroid dienone is 4. The van der Waals surface area contributed by atoms with Crippen molar-refractivity contribution in [2.45, 2.75) is 13.3 Å². The topological polar surface area (TPSA) is 37.2 Å². The molecule has 3 aromatic heterocycles. The Kier molecular flexibility index (Phi) is 5.30. The summed E-state index contributed by atoms with van der Waals surface area (Å²) in [5.41, 5.74) is 9.01. The molecule has 0 fully saturated rings. The van der Waals surface area contributed by atoms with E-state index in [0.29, 0.717) is 0 Å². The molecule has 0 radical (unpaired) electrons. The standard InChI is InChI=1S/C30H27N5/c1-22-8-12-27(20-32-22)35-21-25(28-7-3-4-18-33(28)2)11-15-29(35)23-9-13-26(14-10-23)34-19-16-24-6-5-17-31-30(24)34/h3-10,12-17,19-21H,11,18H2,1-2H3. The second kappa shape index (κ2) is 8.76. The monoisotopic (exact) mass is 457 g/mol. The van der Waals surface area contributed by atoms with Crippen molar-refractivity contribution in [3.05, 3.63) is 126 Å². The minimum absolute atomic E-state index is 0.878. The van der Waals surface area contributed by atoms with Crippen LogP contribution in [0.3, 0.4) is 0 Å². The minimum atomic E-state index is 0.878. The highest BCUT2D eigenvalue weighted by atomic mass is 15.2. The first-order valence-electron chi connectivity index (χ1n) is 11.9. The quantitative estimate of drug-likeness (QED) is 0.363. The van der Waals surface area contributed by atoms with Crippen LogP contribution in [0.25, 0.3) is 22.4 Å². The zero-order valence-electron chi connectivity index (χ0n) is 20.0. The lowest BCUT2D eigenvalue weighted by Crippen LogP contribution is -2.25. The Hall–Kier alpha value is -4.38. The molecule has 0 aliphatic carbocycles. The Balaban J connectivity index is 1.37. The van der Waals surface area contributed by atoms with E-state index in [-0.39, 0.29) is 0 Å². The van der Waals surface area contributed by atoms with Crippen molar-refractivity contribution in [3.8, 4) is 5.69 Å². The SMILES string of the molecule is Cc1ccc(N2C=C(C3=CC=CCN3C)CC=C2c2ccc(-n3ccc4cccnc43)cc2)cn1. The third kappa shape index (κ3) is 3.95. The van der Waals surface area contributed by atoms with E-state index in [1.807, 2.05) is 25.4 Å². The average molecular weight is 458 g/mol. The van der Waals surface area contributed by atoms with Crippen molar-refractivity contribution in [1.29, 1.82) is 0 Å². The van der Waals surface area contributed by atoms with Gasteiger partial charge in [0.1, 0.15) is 5.65 Å². The maximum absolute atomic E-state index is 4.57.